The molecule has 3 nitrogen and oxygen atoms in total. The van der Waals surface area contributed by atoms with E-state index in [1.165, 1.54) is 0 Å². The summed E-state index contributed by atoms with van der Waals surface area (Å²) in [7, 11) is 0. The molecule has 0 saturated carbocycles. The molecule has 1 rings (SSSR count). The molecule has 0 aliphatic rings. The van der Waals surface area contributed by atoms with Crippen molar-refractivity contribution in [2.45, 2.75) is 19.8 Å². The molecule has 3 heteroatoms. The Balaban J connectivity index is 3.17. The van der Waals surface area contributed by atoms with Crippen LogP contribution in [0.25, 0.3) is 0 Å². The zero-order valence-electron chi connectivity index (χ0n) is 7.58. The number of hydrogen-bond acceptors (Lipinski definition) is 2. The third-order valence-electron chi connectivity index (χ3n) is 1.92. The molecule has 3 N–H and O–H groups in total. The molecule has 0 aromatic heterocycles. The first-order chi connectivity index (χ1) is 6.16. The Kier molecular flexibility index (Phi) is 2.90. The number of carboxylic acid groups (broad SMARTS) is 1. The molecule has 0 amide bonds. The number of nitrogen functional groups attached to an aromatic ring is 1. The highest BCUT2D eigenvalue weighted by Crippen LogP contribution is 2.18. The number of benzene rings is 1. The van der Waals surface area contributed by atoms with E-state index in [-0.39, 0.29) is 5.56 Å². The smallest absolute Gasteiger partial charge is 0.338 e. The zero-order chi connectivity index (χ0) is 9.84. The first kappa shape index (κ1) is 9.58. The predicted octanol–water partition coefficient (Wildman–Crippen LogP) is 1.92. The molecular formula is C10H13NO2. The largest absolute Gasteiger partial charge is 0.478 e. The van der Waals surface area contributed by atoms with Gasteiger partial charge in [0.1, 0.15) is 0 Å². The van der Waals surface area contributed by atoms with Gasteiger partial charge in [-0.1, -0.05) is 25.5 Å². The maximum absolute atomic E-state index is 10.8. The van der Waals surface area contributed by atoms with Crippen LogP contribution < -0.4 is 5.73 Å². The Bertz CT molecular complexity index is 321. The highest BCUT2D eigenvalue weighted by atomic mass is 16.4. The molecule has 0 fully saturated rings. The van der Waals surface area contributed by atoms with Crippen LogP contribution in [0.1, 0.15) is 29.3 Å². The van der Waals surface area contributed by atoms with Gasteiger partial charge in [-0.3, -0.25) is 0 Å². The van der Waals surface area contributed by atoms with Gasteiger partial charge < -0.3 is 10.8 Å². The van der Waals surface area contributed by atoms with Crippen molar-refractivity contribution in [2.75, 3.05) is 5.73 Å². The molecular weight excluding hydrogens is 166 g/mol. The molecule has 0 heterocycles. The van der Waals surface area contributed by atoms with Crippen LogP contribution in [0.15, 0.2) is 18.2 Å². The van der Waals surface area contributed by atoms with Crippen molar-refractivity contribution < 1.29 is 9.90 Å². The molecule has 0 saturated heterocycles. The van der Waals surface area contributed by atoms with Gasteiger partial charge in [-0.15, -0.1) is 0 Å². The molecule has 0 atom stereocenters. The lowest BCUT2D eigenvalue weighted by Crippen LogP contribution is -2.06. The average Bonchev–Trinajstić information content (AvgIpc) is 2.04. The first-order valence-corrected chi connectivity index (χ1v) is 4.27. The average molecular weight is 179 g/mol. The van der Waals surface area contributed by atoms with Gasteiger partial charge in [0, 0.05) is 5.69 Å². The van der Waals surface area contributed by atoms with Crippen molar-refractivity contribution in [3.05, 3.63) is 29.3 Å². The highest BCUT2D eigenvalue weighted by Gasteiger charge is 2.12. The lowest BCUT2D eigenvalue weighted by Gasteiger charge is -2.06. The minimum absolute atomic E-state index is 0.254. The van der Waals surface area contributed by atoms with E-state index >= 15 is 0 Å². The van der Waals surface area contributed by atoms with E-state index in [2.05, 4.69) is 0 Å². The fraction of sp³-hybridized carbons (Fsp3) is 0.300. The third kappa shape index (κ3) is 1.99. The van der Waals surface area contributed by atoms with Crippen molar-refractivity contribution in [1.29, 1.82) is 0 Å². The summed E-state index contributed by atoms with van der Waals surface area (Å²) < 4.78 is 0. The van der Waals surface area contributed by atoms with Crippen LogP contribution in [0, 0.1) is 0 Å². The summed E-state index contributed by atoms with van der Waals surface area (Å²) in [6.07, 6.45) is 1.68. The number of anilines is 1. The number of carboxylic acids is 1. The van der Waals surface area contributed by atoms with E-state index < -0.39 is 5.97 Å². The van der Waals surface area contributed by atoms with Gasteiger partial charge in [0.2, 0.25) is 0 Å². The molecule has 0 bridgehead atoms. The number of aromatic carboxylic acids is 1. The molecule has 0 spiro atoms. The van der Waals surface area contributed by atoms with Crippen molar-refractivity contribution >= 4 is 11.7 Å². The molecule has 1 aromatic rings. The fourth-order valence-electron chi connectivity index (χ4n) is 1.36. The first-order valence-electron chi connectivity index (χ1n) is 4.27. The number of rotatable bonds is 3. The van der Waals surface area contributed by atoms with Gasteiger partial charge in [-0.2, -0.15) is 0 Å². The molecule has 70 valence electrons. The normalized spacial score (nSPS) is 9.92. The van der Waals surface area contributed by atoms with E-state index in [0.29, 0.717) is 5.69 Å². The number of nitrogens with two attached hydrogens (primary N) is 1. The predicted molar refractivity (Wildman–Crippen MR) is 51.8 cm³/mol. The molecule has 13 heavy (non-hydrogen) atoms. The second kappa shape index (κ2) is 3.94. The van der Waals surface area contributed by atoms with Crippen LogP contribution in [0.3, 0.4) is 0 Å². The number of carbonyl (C=O) groups is 1. The topological polar surface area (TPSA) is 63.3 Å². The van der Waals surface area contributed by atoms with Crippen LogP contribution in [0.2, 0.25) is 0 Å². The standard InChI is InChI=1S/C10H13NO2/c1-2-4-7-5-3-6-8(11)9(7)10(12)13/h3,5-6H,2,4,11H2,1H3,(H,12,13). The summed E-state index contributed by atoms with van der Waals surface area (Å²) in [6, 6.07) is 5.21. The lowest BCUT2D eigenvalue weighted by molar-refractivity contribution is 0.0697. The summed E-state index contributed by atoms with van der Waals surface area (Å²) in [6.45, 7) is 2.01. The lowest BCUT2D eigenvalue weighted by atomic mass is 10.0. The maximum Gasteiger partial charge on any atom is 0.338 e. The van der Waals surface area contributed by atoms with Gasteiger partial charge in [0.15, 0.2) is 0 Å². The Labute approximate surface area is 77.2 Å². The quantitative estimate of drug-likeness (QED) is 0.697. The molecule has 0 unspecified atom stereocenters. The minimum atomic E-state index is -0.943. The van der Waals surface area contributed by atoms with Crippen LogP contribution in [-0.2, 0) is 6.42 Å². The second-order valence-corrected chi connectivity index (χ2v) is 2.94. The van der Waals surface area contributed by atoms with Crippen LogP contribution in [0.5, 0.6) is 0 Å². The summed E-state index contributed by atoms with van der Waals surface area (Å²) in [5.74, 6) is -0.943. The Morgan fingerprint density at radius 2 is 2.23 bits per heavy atom. The maximum atomic E-state index is 10.8. The van der Waals surface area contributed by atoms with E-state index in [4.69, 9.17) is 10.8 Å². The van der Waals surface area contributed by atoms with Crippen molar-refractivity contribution in [1.82, 2.24) is 0 Å². The number of hydrogen-bond donors (Lipinski definition) is 2. The zero-order valence-corrected chi connectivity index (χ0v) is 7.58. The Morgan fingerprint density at radius 1 is 1.54 bits per heavy atom. The minimum Gasteiger partial charge on any atom is -0.478 e. The molecule has 1 aromatic carbocycles. The Hall–Kier alpha value is -1.51. The van der Waals surface area contributed by atoms with Crippen LogP contribution in [-0.4, -0.2) is 11.1 Å². The summed E-state index contributed by atoms with van der Waals surface area (Å²) in [5, 5.41) is 8.89. The van der Waals surface area contributed by atoms with Gasteiger partial charge in [-0.05, 0) is 18.1 Å². The van der Waals surface area contributed by atoms with Crippen LogP contribution in [0.4, 0.5) is 5.69 Å². The summed E-state index contributed by atoms with van der Waals surface area (Å²) >= 11 is 0. The SMILES string of the molecule is CCCc1cccc(N)c1C(=O)O. The molecule has 0 aliphatic heterocycles. The number of aryl methyl sites for hydroxylation is 1. The third-order valence-corrected chi connectivity index (χ3v) is 1.92. The molecule has 0 radical (unpaired) electrons. The van der Waals surface area contributed by atoms with Gasteiger partial charge in [0.05, 0.1) is 5.56 Å². The Morgan fingerprint density at radius 3 is 2.77 bits per heavy atom. The monoisotopic (exact) mass is 179 g/mol. The highest BCUT2D eigenvalue weighted by molar-refractivity contribution is 5.95. The van der Waals surface area contributed by atoms with E-state index in [0.717, 1.165) is 18.4 Å². The summed E-state index contributed by atoms with van der Waals surface area (Å²) in [4.78, 5) is 10.8. The van der Waals surface area contributed by atoms with Crippen molar-refractivity contribution in [2.24, 2.45) is 0 Å². The fourth-order valence-corrected chi connectivity index (χ4v) is 1.36. The van der Waals surface area contributed by atoms with Gasteiger partial charge >= 0.3 is 5.97 Å². The van der Waals surface area contributed by atoms with Crippen molar-refractivity contribution in [3.8, 4) is 0 Å². The molecule has 0 aliphatic carbocycles. The summed E-state index contributed by atoms with van der Waals surface area (Å²) in [5.41, 5.74) is 6.99. The van der Waals surface area contributed by atoms with Gasteiger partial charge in [0.25, 0.3) is 0 Å². The van der Waals surface area contributed by atoms with E-state index in [1.807, 2.05) is 13.0 Å². The van der Waals surface area contributed by atoms with Gasteiger partial charge in [-0.25, -0.2) is 4.79 Å². The van der Waals surface area contributed by atoms with Crippen molar-refractivity contribution in [3.63, 3.8) is 0 Å². The van der Waals surface area contributed by atoms with Crippen LogP contribution >= 0.6 is 0 Å². The van der Waals surface area contributed by atoms with E-state index in [1.54, 1.807) is 12.1 Å². The second-order valence-electron chi connectivity index (χ2n) is 2.94. The van der Waals surface area contributed by atoms with E-state index in [9.17, 15) is 4.79 Å².